The topological polar surface area (TPSA) is 64.1 Å². The number of ether oxygens (including phenoxy) is 1. The highest BCUT2D eigenvalue weighted by Crippen LogP contribution is 2.40. The van der Waals surface area contributed by atoms with Gasteiger partial charge in [-0.3, -0.25) is 10.1 Å². The Balaban J connectivity index is 1.62. The van der Waals surface area contributed by atoms with E-state index in [4.69, 9.17) is 4.74 Å². The van der Waals surface area contributed by atoms with Gasteiger partial charge in [-0.15, -0.1) is 0 Å². The van der Waals surface area contributed by atoms with Crippen LogP contribution in [-0.4, -0.2) is 22.5 Å². The van der Waals surface area contributed by atoms with Crippen molar-refractivity contribution in [2.24, 2.45) is 0 Å². The van der Waals surface area contributed by atoms with Crippen molar-refractivity contribution in [1.82, 2.24) is 9.97 Å². The fraction of sp³-hybridized carbons (Fsp3) is 0.421. The summed E-state index contributed by atoms with van der Waals surface area (Å²) in [4.78, 5) is 21.9. The van der Waals surface area contributed by atoms with Gasteiger partial charge in [0.1, 0.15) is 0 Å². The first-order chi connectivity index (χ1) is 11.7. The fourth-order valence-electron chi connectivity index (χ4n) is 3.32. The van der Waals surface area contributed by atoms with Crippen LogP contribution in [-0.2, 0) is 15.1 Å². The van der Waals surface area contributed by atoms with E-state index in [1.165, 1.54) is 12.8 Å². The molecule has 5 nitrogen and oxygen atoms in total. The zero-order valence-electron chi connectivity index (χ0n) is 13.8. The Hall–Kier alpha value is -2.27. The number of carbonyl (C=O) groups excluding carboxylic acids is 1. The fourth-order valence-corrected chi connectivity index (χ4v) is 3.32. The van der Waals surface area contributed by atoms with E-state index >= 15 is 0 Å². The van der Waals surface area contributed by atoms with Gasteiger partial charge in [0.05, 0.1) is 0 Å². The summed E-state index contributed by atoms with van der Waals surface area (Å²) in [6, 6.07) is 11.7. The van der Waals surface area contributed by atoms with Crippen molar-refractivity contribution in [3.8, 4) is 0 Å². The van der Waals surface area contributed by atoms with Crippen LogP contribution >= 0.6 is 0 Å². The Morgan fingerprint density at radius 2 is 2.04 bits per heavy atom. The third-order valence-electron chi connectivity index (χ3n) is 4.72. The molecule has 1 aromatic carbocycles. The summed E-state index contributed by atoms with van der Waals surface area (Å²) in [5.74, 6) is 0.722. The normalized spacial score (nSPS) is 23.2. The highest BCUT2D eigenvalue weighted by atomic mass is 16.5. The van der Waals surface area contributed by atoms with E-state index in [2.05, 4.69) is 15.3 Å². The quantitative estimate of drug-likeness (QED) is 0.937. The van der Waals surface area contributed by atoms with Crippen molar-refractivity contribution in [3.63, 3.8) is 0 Å². The lowest BCUT2D eigenvalue weighted by atomic mass is 9.90. The largest absolute Gasteiger partial charge is 0.360 e. The SMILES string of the molecule is Cc1cc(C2CC2)nc(NC(=O)C2(c3ccccc3)CCCO2)n1. The van der Waals surface area contributed by atoms with Crippen molar-refractivity contribution in [3.05, 3.63) is 53.3 Å². The molecule has 1 N–H and O–H groups in total. The van der Waals surface area contributed by atoms with Crippen LogP contribution in [0, 0.1) is 6.92 Å². The maximum absolute atomic E-state index is 13.0. The van der Waals surface area contributed by atoms with Crippen LogP contribution in [0.15, 0.2) is 36.4 Å². The molecule has 1 aromatic heterocycles. The minimum absolute atomic E-state index is 0.182. The average molecular weight is 323 g/mol. The number of aromatic nitrogens is 2. The van der Waals surface area contributed by atoms with Gasteiger partial charge in [0.2, 0.25) is 5.95 Å². The lowest BCUT2D eigenvalue weighted by Gasteiger charge is -2.27. The average Bonchev–Trinajstić information content (AvgIpc) is 3.32. The molecule has 4 rings (SSSR count). The number of nitrogens with one attached hydrogen (secondary N) is 1. The van der Waals surface area contributed by atoms with Gasteiger partial charge in [-0.05, 0) is 44.2 Å². The highest BCUT2D eigenvalue weighted by Gasteiger charge is 2.44. The molecule has 1 saturated heterocycles. The summed E-state index contributed by atoms with van der Waals surface area (Å²) in [6.45, 7) is 2.52. The number of aryl methyl sites for hydroxylation is 1. The molecule has 1 aliphatic carbocycles. The summed E-state index contributed by atoms with van der Waals surface area (Å²) < 4.78 is 5.91. The smallest absolute Gasteiger partial charge is 0.263 e. The molecule has 0 spiro atoms. The third kappa shape index (κ3) is 2.80. The number of hydrogen-bond donors (Lipinski definition) is 1. The summed E-state index contributed by atoms with van der Waals surface area (Å²) in [5.41, 5.74) is 1.85. The molecule has 1 saturated carbocycles. The lowest BCUT2D eigenvalue weighted by molar-refractivity contribution is -0.136. The zero-order chi connectivity index (χ0) is 16.6. The van der Waals surface area contributed by atoms with Crippen molar-refractivity contribution >= 4 is 11.9 Å². The van der Waals surface area contributed by atoms with E-state index in [1.807, 2.05) is 43.3 Å². The standard InChI is InChI=1S/C19H21N3O2/c1-13-12-16(14-8-9-14)21-18(20-13)22-17(23)19(10-5-11-24-19)15-6-3-2-4-7-15/h2-4,6-7,12,14H,5,8-11H2,1H3,(H,20,21,22,23). The van der Waals surface area contributed by atoms with Crippen LogP contribution < -0.4 is 5.32 Å². The molecule has 24 heavy (non-hydrogen) atoms. The van der Waals surface area contributed by atoms with Crippen LogP contribution in [0.1, 0.15) is 48.6 Å². The van der Waals surface area contributed by atoms with Gasteiger partial charge < -0.3 is 4.74 Å². The second-order valence-electron chi connectivity index (χ2n) is 6.63. The van der Waals surface area contributed by atoms with Crippen LogP contribution in [0.5, 0.6) is 0 Å². The maximum Gasteiger partial charge on any atom is 0.263 e. The monoisotopic (exact) mass is 323 g/mol. The molecular weight excluding hydrogens is 302 g/mol. The molecule has 1 amide bonds. The summed E-state index contributed by atoms with van der Waals surface area (Å²) >= 11 is 0. The molecule has 5 heteroatoms. The van der Waals surface area contributed by atoms with Gasteiger partial charge in [0.15, 0.2) is 5.60 Å². The van der Waals surface area contributed by atoms with Crippen LogP contribution in [0.3, 0.4) is 0 Å². The number of hydrogen-bond acceptors (Lipinski definition) is 4. The van der Waals surface area contributed by atoms with Crippen molar-refractivity contribution in [1.29, 1.82) is 0 Å². The first kappa shape index (κ1) is 15.3. The molecule has 1 aliphatic heterocycles. The molecule has 2 aliphatic rings. The second kappa shape index (κ2) is 5.98. The number of amides is 1. The van der Waals surface area contributed by atoms with Gasteiger partial charge in [-0.25, -0.2) is 9.97 Å². The Kier molecular flexibility index (Phi) is 3.81. The lowest BCUT2D eigenvalue weighted by Crippen LogP contribution is -2.40. The Morgan fingerprint density at radius 3 is 2.71 bits per heavy atom. The van der Waals surface area contributed by atoms with Crippen LogP contribution in [0.25, 0.3) is 0 Å². The zero-order valence-corrected chi connectivity index (χ0v) is 13.8. The van der Waals surface area contributed by atoms with Crippen molar-refractivity contribution < 1.29 is 9.53 Å². The highest BCUT2D eigenvalue weighted by molar-refractivity contribution is 5.97. The molecule has 1 atom stereocenters. The van der Waals surface area contributed by atoms with Gasteiger partial charge in [-0.2, -0.15) is 0 Å². The molecular formula is C19H21N3O2. The molecule has 2 heterocycles. The second-order valence-corrected chi connectivity index (χ2v) is 6.63. The van der Waals surface area contributed by atoms with Gasteiger partial charge in [0, 0.05) is 23.9 Å². The Labute approximate surface area is 141 Å². The van der Waals surface area contributed by atoms with Crippen LogP contribution in [0.4, 0.5) is 5.95 Å². The first-order valence-corrected chi connectivity index (χ1v) is 8.54. The van der Waals surface area contributed by atoms with Gasteiger partial charge >= 0.3 is 0 Å². The predicted molar refractivity (Wildman–Crippen MR) is 90.7 cm³/mol. The predicted octanol–water partition coefficient (Wildman–Crippen LogP) is 3.31. The third-order valence-corrected chi connectivity index (χ3v) is 4.72. The molecule has 124 valence electrons. The van der Waals surface area contributed by atoms with Crippen molar-refractivity contribution in [2.45, 2.75) is 44.1 Å². The van der Waals surface area contributed by atoms with Crippen molar-refractivity contribution in [2.75, 3.05) is 11.9 Å². The van der Waals surface area contributed by atoms with E-state index in [0.29, 0.717) is 24.9 Å². The first-order valence-electron chi connectivity index (χ1n) is 8.54. The summed E-state index contributed by atoms with van der Waals surface area (Å²) in [5, 5.41) is 2.90. The van der Waals surface area contributed by atoms with E-state index in [9.17, 15) is 4.79 Å². The number of nitrogens with zero attached hydrogens (tertiary/aromatic N) is 2. The molecule has 2 aromatic rings. The molecule has 0 radical (unpaired) electrons. The molecule has 2 fully saturated rings. The number of rotatable bonds is 4. The minimum atomic E-state index is -0.936. The van der Waals surface area contributed by atoms with Gasteiger partial charge in [-0.1, -0.05) is 30.3 Å². The maximum atomic E-state index is 13.0. The molecule has 1 unspecified atom stereocenters. The number of carbonyl (C=O) groups is 1. The van der Waals surface area contributed by atoms with Crippen LogP contribution in [0.2, 0.25) is 0 Å². The van der Waals surface area contributed by atoms with E-state index in [-0.39, 0.29) is 5.91 Å². The Bertz CT molecular complexity index is 750. The van der Waals surface area contributed by atoms with E-state index in [1.54, 1.807) is 0 Å². The van der Waals surface area contributed by atoms with Gasteiger partial charge in [0.25, 0.3) is 5.91 Å². The number of anilines is 1. The van der Waals surface area contributed by atoms with E-state index in [0.717, 1.165) is 23.4 Å². The van der Waals surface area contributed by atoms with E-state index < -0.39 is 5.60 Å². The number of benzene rings is 1. The summed E-state index contributed by atoms with van der Waals surface area (Å²) in [7, 11) is 0. The summed E-state index contributed by atoms with van der Waals surface area (Å²) in [6.07, 6.45) is 3.87. The minimum Gasteiger partial charge on any atom is -0.360 e. The molecule has 0 bridgehead atoms. The Morgan fingerprint density at radius 1 is 1.25 bits per heavy atom.